The molecule has 0 radical (unpaired) electrons. The van der Waals surface area contributed by atoms with Gasteiger partial charge in [0, 0.05) is 25.2 Å². The summed E-state index contributed by atoms with van der Waals surface area (Å²) < 4.78 is 5.19. The first-order chi connectivity index (χ1) is 8.63. The molecule has 4 nitrogen and oxygen atoms in total. The quantitative estimate of drug-likeness (QED) is 0.914. The van der Waals surface area contributed by atoms with Crippen molar-refractivity contribution in [1.29, 1.82) is 0 Å². The molecule has 2 saturated heterocycles. The van der Waals surface area contributed by atoms with Crippen LogP contribution in [0.5, 0.6) is 0 Å². The third kappa shape index (κ3) is 2.91. The van der Waals surface area contributed by atoms with E-state index in [1.807, 2.05) is 7.05 Å². The van der Waals surface area contributed by atoms with Crippen molar-refractivity contribution < 1.29 is 9.21 Å². The molecule has 19 heavy (non-hydrogen) atoms. The Balaban J connectivity index is 0.00000133. The van der Waals surface area contributed by atoms with Crippen LogP contribution in [-0.4, -0.2) is 36.0 Å². The first-order valence-corrected chi connectivity index (χ1v) is 6.80. The number of hydrogen-bond acceptors (Lipinski definition) is 3. The van der Waals surface area contributed by atoms with E-state index in [9.17, 15) is 4.79 Å². The maximum atomic E-state index is 12.2. The highest BCUT2D eigenvalue weighted by atomic mass is 35.5. The van der Waals surface area contributed by atoms with Gasteiger partial charge in [0.1, 0.15) is 0 Å². The standard InChI is InChI=1S/C13H17ClN2O2.ClH/c1-16(13(17)11-4-5-12(14)18-11)10-6-8-2-3-9(7-10)15-8;/h4-5,8-10,15H,2-3,6-7H2,1H3;1H. The summed E-state index contributed by atoms with van der Waals surface area (Å²) in [7, 11) is 1.86. The number of furan rings is 1. The second kappa shape index (κ2) is 5.73. The lowest BCUT2D eigenvalue weighted by molar-refractivity contribution is 0.0650. The van der Waals surface area contributed by atoms with Gasteiger partial charge in [-0.05, 0) is 49.4 Å². The molecule has 2 bridgehead atoms. The molecule has 0 saturated carbocycles. The summed E-state index contributed by atoms with van der Waals surface area (Å²) in [5.74, 6) is 0.251. The van der Waals surface area contributed by atoms with E-state index in [4.69, 9.17) is 16.0 Å². The molecule has 0 aromatic carbocycles. The number of fused-ring (bicyclic) bond motifs is 2. The molecule has 1 aromatic heterocycles. The fourth-order valence-electron chi connectivity index (χ4n) is 3.11. The number of halogens is 2. The lowest BCUT2D eigenvalue weighted by Crippen LogP contribution is -2.48. The Morgan fingerprint density at radius 3 is 2.53 bits per heavy atom. The summed E-state index contributed by atoms with van der Waals surface area (Å²) in [5.41, 5.74) is 0. The largest absolute Gasteiger partial charge is 0.440 e. The van der Waals surface area contributed by atoms with Crippen molar-refractivity contribution in [3.63, 3.8) is 0 Å². The fourth-order valence-corrected chi connectivity index (χ4v) is 3.26. The molecule has 106 valence electrons. The van der Waals surface area contributed by atoms with E-state index >= 15 is 0 Å². The lowest BCUT2D eigenvalue weighted by Gasteiger charge is -2.35. The van der Waals surface area contributed by atoms with E-state index in [1.165, 1.54) is 12.8 Å². The van der Waals surface area contributed by atoms with Crippen molar-refractivity contribution in [2.75, 3.05) is 7.05 Å². The molecule has 2 aliphatic rings. The van der Waals surface area contributed by atoms with E-state index in [0.717, 1.165) is 12.8 Å². The van der Waals surface area contributed by atoms with Crippen molar-refractivity contribution in [1.82, 2.24) is 10.2 Å². The van der Waals surface area contributed by atoms with Crippen LogP contribution in [-0.2, 0) is 0 Å². The zero-order valence-corrected chi connectivity index (χ0v) is 12.3. The van der Waals surface area contributed by atoms with Gasteiger partial charge in [-0.2, -0.15) is 0 Å². The molecule has 6 heteroatoms. The van der Waals surface area contributed by atoms with Crippen LogP contribution in [0.1, 0.15) is 36.2 Å². The molecule has 0 aliphatic carbocycles. The number of piperidine rings is 1. The Labute approximate surface area is 123 Å². The summed E-state index contributed by atoms with van der Waals surface area (Å²) >= 11 is 5.70. The number of amides is 1. The van der Waals surface area contributed by atoms with Gasteiger partial charge in [-0.15, -0.1) is 12.4 Å². The highest BCUT2D eigenvalue weighted by Crippen LogP contribution is 2.30. The third-order valence-electron chi connectivity index (χ3n) is 4.10. The topological polar surface area (TPSA) is 45.5 Å². The second-order valence-electron chi connectivity index (χ2n) is 5.28. The SMILES string of the molecule is CN(C(=O)c1ccc(Cl)o1)C1CC2CCC(C1)N2.Cl. The van der Waals surface area contributed by atoms with Crippen LogP contribution in [0, 0.1) is 0 Å². The summed E-state index contributed by atoms with van der Waals surface area (Å²) in [5, 5.41) is 3.84. The molecule has 1 aromatic rings. The Hall–Kier alpha value is -0.710. The number of carbonyl (C=O) groups is 1. The Bertz CT molecular complexity index is 451. The minimum absolute atomic E-state index is 0. The fraction of sp³-hybridized carbons (Fsp3) is 0.615. The van der Waals surface area contributed by atoms with Gasteiger partial charge in [0.05, 0.1) is 0 Å². The predicted molar refractivity (Wildman–Crippen MR) is 76.0 cm³/mol. The van der Waals surface area contributed by atoms with Crippen LogP contribution in [0.4, 0.5) is 0 Å². The normalized spacial score (nSPS) is 28.8. The zero-order valence-electron chi connectivity index (χ0n) is 10.8. The van der Waals surface area contributed by atoms with Crippen LogP contribution in [0.3, 0.4) is 0 Å². The first-order valence-electron chi connectivity index (χ1n) is 6.42. The Morgan fingerprint density at radius 2 is 2.00 bits per heavy atom. The molecule has 2 fully saturated rings. The highest BCUT2D eigenvalue weighted by molar-refractivity contribution is 6.29. The van der Waals surface area contributed by atoms with Crippen LogP contribution < -0.4 is 5.32 Å². The molecule has 2 aliphatic heterocycles. The summed E-state index contributed by atoms with van der Waals surface area (Å²) in [6.45, 7) is 0. The van der Waals surface area contributed by atoms with E-state index < -0.39 is 0 Å². The van der Waals surface area contributed by atoms with Crippen LogP contribution >= 0.6 is 24.0 Å². The molecule has 0 spiro atoms. The molecular formula is C13H18Cl2N2O2. The minimum Gasteiger partial charge on any atom is -0.440 e. The molecule has 1 amide bonds. The molecule has 2 unspecified atom stereocenters. The number of carbonyl (C=O) groups excluding carboxylic acids is 1. The number of hydrogen-bond donors (Lipinski definition) is 1. The lowest BCUT2D eigenvalue weighted by atomic mass is 9.98. The average Bonchev–Trinajstić information content (AvgIpc) is 2.94. The van der Waals surface area contributed by atoms with Crippen molar-refractivity contribution in [3.8, 4) is 0 Å². The van der Waals surface area contributed by atoms with E-state index in [2.05, 4.69) is 5.32 Å². The van der Waals surface area contributed by atoms with E-state index in [-0.39, 0.29) is 23.5 Å². The summed E-state index contributed by atoms with van der Waals surface area (Å²) in [6.07, 6.45) is 4.53. The van der Waals surface area contributed by atoms with Crippen molar-refractivity contribution in [2.45, 2.75) is 43.8 Å². The van der Waals surface area contributed by atoms with Gasteiger partial charge in [-0.25, -0.2) is 0 Å². The molecule has 3 heterocycles. The molecule has 2 atom stereocenters. The smallest absolute Gasteiger partial charge is 0.289 e. The van der Waals surface area contributed by atoms with Gasteiger partial charge < -0.3 is 14.6 Å². The minimum atomic E-state index is -0.0757. The first kappa shape index (κ1) is 14.7. The van der Waals surface area contributed by atoms with Gasteiger partial charge in [-0.3, -0.25) is 4.79 Å². The predicted octanol–water partition coefficient (Wildman–Crippen LogP) is 2.71. The number of rotatable bonds is 2. The van der Waals surface area contributed by atoms with Crippen LogP contribution in [0.25, 0.3) is 0 Å². The maximum Gasteiger partial charge on any atom is 0.289 e. The second-order valence-corrected chi connectivity index (χ2v) is 5.66. The van der Waals surface area contributed by atoms with Gasteiger partial charge in [-0.1, -0.05) is 0 Å². The van der Waals surface area contributed by atoms with Gasteiger partial charge >= 0.3 is 0 Å². The Kier molecular flexibility index (Phi) is 4.43. The van der Waals surface area contributed by atoms with Crippen molar-refractivity contribution >= 4 is 29.9 Å². The highest BCUT2D eigenvalue weighted by Gasteiger charge is 2.36. The van der Waals surface area contributed by atoms with Crippen molar-refractivity contribution in [3.05, 3.63) is 23.1 Å². The summed E-state index contributed by atoms with van der Waals surface area (Å²) in [6, 6.07) is 4.69. The van der Waals surface area contributed by atoms with Crippen LogP contribution in [0.2, 0.25) is 5.22 Å². The summed E-state index contributed by atoms with van der Waals surface area (Å²) in [4.78, 5) is 14.1. The van der Waals surface area contributed by atoms with Gasteiger partial charge in [0.25, 0.3) is 5.91 Å². The molecular weight excluding hydrogens is 287 g/mol. The molecule has 3 rings (SSSR count). The third-order valence-corrected chi connectivity index (χ3v) is 4.30. The van der Waals surface area contributed by atoms with E-state index in [1.54, 1.807) is 17.0 Å². The number of nitrogens with one attached hydrogen (secondary N) is 1. The molecule has 1 N–H and O–H groups in total. The number of nitrogens with zero attached hydrogens (tertiary/aromatic N) is 1. The maximum absolute atomic E-state index is 12.2. The van der Waals surface area contributed by atoms with Crippen molar-refractivity contribution in [2.24, 2.45) is 0 Å². The monoisotopic (exact) mass is 304 g/mol. The van der Waals surface area contributed by atoms with Gasteiger partial charge in [0.2, 0.25) is 0 Å². The Morgan fingerprint density at radius 1 is 1.37 bits per heavy atom. The van der Waals surface area contributed by atoms with E-state index in [0.29, 0.717) is 23.9 Å². The van der Waals surface area contributed by atoms with Gasteiger partial charge in [0.15, 0.2) is 11.0 Å². The zero-order chi connectivity index (χ0) is 12.7. The van der Waals surface area contributed by atoms with Crippen LogP contribution in [0.15, 0.2) is 16.5 Å². The average molecular weight is 305 g/mol.